The summed E-state index contributed by atoms with van der Waals surface area (Å²) >= 11 is 3.70. The number of piperazine rings is 1. The van der Waals surface area contributed by atoms with E-state index in [0.29, 0.717) is 32.7 Å². The smallest absolute Gasteiger partial charge is 0.410 e. The molecule has 0 aliphatic carbocycles. The summed E-state index contributed by atoms with van der Waals surface area (Å²) in [6.07, 6.45) is -0.291. The first-order chi connectivity index (χ1) is 8.31. The van der Waals surface area contributed by atoms with Crippen LogP contribution in [0, 0.1) is 0 Å². The Morgan fingerprint density at radius 2 is 1.78 bits per heavy atom. The van der Waals surface area contributed by atoms with Gasteiger partial charge in [0.25, 0.3) is 0 Å². The fourth-order valence-corrected chi connectivity index (χ4v) is 1.72. The Labute approximate surface area is 113 Å². The van der Waals surface area contributed by atoms with Gasteiger partial charge in [0, 0.05) is 26.2 Å². The number of carbonyl (C=O) groups is 2. The van der Waals surface area contributed by atoms with Gasteiger partial charge in [-0.15, -0.1) is 0 Å². The van der Waals surface area contributed by atoms with Crippen molar-refractivity contribution in [1.82, 2.24) is 14.5 Å². The molecule has 2 amide bonds. The number of carbonyl (C=O) groups excluding carboxylic acids is 2. The van der Waals surface area contributed by atoms with E-state index in [9.17, 15) is 9.59 Å². The zero-order valence-corrected chi connectivity index (χ0v) is 12.0. The van der Waals surface area contributed by atoms with Gasteiger partial charge in [0.1, 0.15) is 5.60 Å². The summed E-state index contributed by atoms with van der Waals surface area (Å²) in [5.41, 5.74) is -0.472. The number of rotatable bonds is 2. The van der Waals surface area contributed by atoms with Crippen LogP contribution in [-0.2, 0) is 9.53 Å². The van der Waals surface area contributed by atoms with Crippen molar-refractivity contribution in [3.05, 3.63) is 0 Å². The summed E-state index contributed by atoms with van der Waals surface area (Å²) in [5, 5.41) is 0. The van der Waals surface area contributed by atoms with E-state index in [2.05, 4.69) is 17.5 Å². The van der Waals surface area contributed by atoms with Gasteiger partial charge >= 0.3 is 6.09 Å². The normalized spacial score (nSPS) is 17.4. The first-order valence-electron chi connectivity index (χ1n) is 5.95. The van der Waals surface area contributed by atoms with Gasteiger partial charge in [0.15, 0.2) is 0 Å². The highest BCUT2D eigenvalue weighted by molar-refractivity contribution is 7.78. The second kappa shape index (κ2) is 6.29. The summed E-state index contributed by atoms with van der Waals surface area (Å²) in [7, 11) is 0. The summed E-state index contributed by atoms with van der Waals surface area (Å²) < 4.78 is 7.58. The fraction of sp³-hybridized carbons (Fsp3) is 0.818. The number of amides is 2. The Morgan fingerprint density at radius 3 is 2.22 bits per heavy atom. The lowest BCUT2D eigenvalue weighted by Gasteiger charge is -2.35. The van der Waals surface area contributed by atoms with Gasteiger partial charge in [-0.25, -0.2) is 4.79 Å². The van der Waals surface area contributed by atoms with Gasteiger partial charge in [-0.1, -0.05) is 12.8 Å². The van der Waals surface area contributed by atoms with Gasteiger partial charge in [0.05, 0.1) is 6.54 Å². The van der Waals surface area contributed by atoms with E-state index in [1.54, 1.807) is 4.90 Å². The van der Waals surface area contributed by atoms with Crippen LogP contribution >= 0.6 is 12.8 Å². The maximum absolute atomic E-state index is 11.8. The number of hydrogen-bond donors (Lipinski definition) is 2. The lowest BCUT2D eigenvalue weighted by atomic mass is 10.2. The van der Waals surface area contributed by atoms with Gasteiger partial charge in [-0.05, 0) is 20.8 Å². The Bertz CT molecular complexity index is 309. The predicted molar refractivity (Wildman–Crippen MR) is 71.4 cm³/mol. The highest BCUT2D eigenvalue weighted by atomic mass is 32.1. The first-order valence-corrected chi connectivity index (χ1v) is 6.40. The van der Waals surface area contributed by atoms with Crippen LogP contribution in [0.5, 0.6) is 0 Å². The average molecular weight is 275 g/mol. The van der Waals surface area contributed by atoms with E-state index in [0.717, 1.165) is 0 Å². The summed E-state index contributed by atoms with van der Waals surface area (Å²) in [6, 6.07) is 0. The lowest BCUT2D eigenvalue weighted by molar-refractivity contribution is -0.120. The zero-order valence-electron chi connectivity index (χ0n) is 11.1. The number of nitrogens with one attached hydrogen (secondary N) is 1. The van der Waals surface area contributed by atoms with Crippen LogP contribution in [0.3, 0.4) is 0 Å². The molecule has 1 fully saturated rings. The topological polar surface area (TPSA) is 61.9 Å². The maximum Gasteiger partial charge on any atom is 0.410 e. The molecule has 1 saturated heterocycles. The van der Waals surface area contributed by atoms with E-state index in [1.807, 2.05) is 25.7 Å². The molecular formula is C11H21N3O3S. The molecule has 1 rings (SSSR count). The molecule has 18 heavy (non-hydrogen) atoms. The van der Waals surface area contributed by atoms with Crippen molar-refractivity contribution in [3.8, 4) is 0 Å². The number of hydrogen-bond acceptors (Lipinski definition) is 5. The predicted octanol–water partition coefficient (Wildman–Crippen LogP) is 0.500. The molecule has 0 unspecified atom stereocenters. The van der Waals surface area contributed by atoms with Crippen molar-refractivity contribution >= 4 is 24.8 Å². The molecule has 1 heterocycles. The summed E-state index contributed by atoms with van der Waals surface area (Å²) in [5.74, 6) is -0.135. The molecule has 0 atom stereocenters. The van der Waals surface area contributed by atoms with Gasteiger partial charge in [-0.2, -0.15) is 0 Å². The highest BCUT2D eigenvalue weighted by Gasteiger charge is 2.26. The Kier molecular flexibility index (Phi) is 5.28. The Hall–Kier alpha value is -0.950. The van der Waals surface area contributed by atoms with Crippen LogP contribution in [0.25, 0.3) is 0 Å². The molecule has 0 spiro atoms. The molecule has 7 heteroatoms. The van der Waals surface area contributed by atoms with Crippen molar-refractivity contribution < 1.29 is 14.3 Å². The fourth-order valence-electron chi connectivity index (χ4n) is 1.65. The van der Waals surface area contributed by atoms with Crippen LogP contribution in [-0.4, -0.2) is 60.1 Å². The van der Waals surface area contributed by atoms with Crippen molar-refractivity contribution in [3.63, 3.8) is 0 Å². The monoisotopic (exact) mass is 275 g/mol. The number of thiol groups is 1. The number of nitrogens with zero attached hydrogens (tertiary/aromatic N) is 2. The molecule has 0 radical (unpaired) electrons. The van der Waals surface area contributed by atoms with Gasteiger partial charge in [-0.3, -0.25) is 9.69 Å². The second-order valence-corrected chi connectivity index (χ2v) is 5.50. The standard InChI is InChI=1S/C11H21N3O3S/c1-11(2,3)17-10(16)14-6-4-13(5-7-14)8-9(15)12-18/h18H,4-8H2,1-3H3,(H,12,15). The van der Waals surface area contributed by atoms with Crippen LogP contribution < -0.4 is 4.72 Å². The summed E-state index contributed by atoms with van der Waals surface area (Å²) in [4.78, 5) is 26.6. The molecule has 0 aromatic carbocycles. The molecule has 1 aliphatic heterocycles. The zero-order chi connectivity index (χ0) is 13.8. The minimum atomic E-state index is -0.472. The molecule has 6 nitrogen and oxygen atoms in total. The van der Waals surface area contributed by atoms with E-state index >= 15 is 0 Å². The maximum atomic E-state index is 11.8. The second-order valence-electron chi connectivity index (χ2n) is 5.28. The van der Waals surface area contributed by atoms with E-state index in [4.69, 9.17) is 4.74 Å². The van der Waals surface area contributed by atoms with Crippen molar-refractivity contribution in [2.75, 3.05) is 32.7 Å². The van der Waals surface area contributed by atoms with E-state index in [-0.39, 0.29) is 12.0 Å². The van der Waals surface area contributed by atoms with Crippen molar-refractivity contribution in [1.29, 1.82) is 0 Å². The van der Waals surface area contributed by atoms with E-state index < -0.39 is 5.60 Å². The first kappa shape index (κ1) is 15.1. The highest BCUT2D eigenvalue weighted by Crippen LogP contribution is 2.11. The lowest BCUT2D eigenvalue weighted by Crippen LogP contribution is -2.51. The van der Waals surface area contributed by atoms with E-state index in [1.165, 1.54) is 0 Å². The third-order valence-electron chi connectivity index (χ3n) is 2.52. The van der Waals surface area contributed by atoms with Crippen LogP contribution in [0.15, 0.2) is 0 Å². The number of ether oxygens (including phenoxy) is 1. The summed E-state index contributed by atoms with van der Waals surface area (Å²) in [6.45, 7) is 8.34. The average Bonchev–Trinajstić information content (AvgIpc) is 2.27. The quantitative estimate of drug-likeness (QED) is 0.721. The van der Waals surface area contributed by atoms with Crippen LogP contribution in [0.2, 0.25) is 0 Å². The van der Waals surface area contributed by atoms with Gasteiger partial charge in [0.2, 0.25) is 5.91 Å². The minimum Gasteiger partial charge on any atom is -0.444 e. The Morgan fingerprint density at radius 1 is 1.22 bits per heavy atom. The molecule has 0 saturated carbocycles. The SMILES string of the molecule is CC(C)(C)OC(=O)N1CCN(CC(=O)NS)CC1. The molecule has 104 valence electrons. The molecule has 0 aromatic rings. The van der Waals surface area contributed by atoms with Crippen LogP contribution in [0.4, 0.5) is 4.79 Å². The van der Waals surface area contributed by atoms with Crippen LogP contribution in [0.1, 0.15) is 20.8 Å². The molecule has 1 aliphatic rings. The Balaban J connectivity index is 2.35. The van der Waals surface area contributed by atoms with Crippen molar-refractivity contribution in [2.45, 2.75) is 26.4 Å². The third kappa shape index (κ3) is 5.14. The molecule has 0 aromatic heterocycles. The molecular weight excluding hydrogens is 254 g/mol. The third-order valence-corrected chi connectivity index (χ3v) is 2.77. The minimum absolute atomic E-state index is 0.135. The largest absolute Gasteiger partial charge is 0.444 e. The van der Waals surface area contributed by atoms with Gasteiger partial charge < -0.3 is 14.4 Å². The van der Waals surface area contributed by atoms with Crippen molar-refractivity contribution in [2.24, 2.45) is 0 Å². The molecule has 1 N–H and O–H groups in total. The molecule has 0 bridgehead atoms.